The molecule has 2 rings (SSSR count). The fourth-order valence-electron chi connectivity index (χ4n) is 2.22. The van der Waals surface area contributed by atoms with E-state index in [0.29, 0.717) is 11.7 Å². The molecule has 5 heteroatoms. The van der Waals surface area contributed by atoms with Gasteiger partial charge in [0.25, 0.3) is 5.69 Å². The molecule has 1 N–H and O–H groups in total. The van der Waals surface area contributed by atoms with E-state index >= 15 is 0 Å². The topological polar surface area (TPSA) is 64.4 Å². The summed E-state index contributed by atoms with van der Waals surface area (Å²) >= 11 is 0. The summed E-state index contributed by atoms with van der Waals surface area (Å²) in [7, 11) is 1.55. The van der Waals surface area contributed by atoms with Crippen molar-refractivity contribution in [2.24, 2.45) is 5.92 Å². The van der Waals surface area contributed by atoms with Gasteiger partial charge in [-0.3, -0.25) is 10.1 Å². The molecule has 92 valence electrons. The lowest BCUT2D eigenvalue weighted by Gasteiger charge is -2.12. The van der Waals surface area contributed by atoms with Crippen molar-refractivity contribution in [2.75, 3.05) is 20.2 Å². The first-order valence-corrected chi connectivity index (χ1v) is 5.72. The fraction of sp³-hybridized carbons (Fsp3) is 0.500. The van der Waals surface area contributed by atoms with E-state index in [1.165, 1.54) is 6.07 Å². The molecule has 0 bridgehead atoms. The van der Waals surface area contributed by atoms with E-state index in [9.17, 15) is 10.1 Å². The van der Waals surface area contributed by atoms with Crippen LogP contribution in [0.3, 0.4) is 0 Å². The van der Waals surface area contributed by atoms with E-state index < -0.39 is 4.92 Å². The minimum Gasteiger partial charge on any atom is -0.496 e. The maximum atomic E-state index is 10.7. The molecule has 0 aliphatic carbocycles. The number of hydrogen-bond donors (Lipinski definition) is 1. The number of ether oxygens (including phenoxy) is 1. The van der Waals surface area contributed by atoms with Gasteiger partial charge in [-0.2, -0.15) is 0 Å². The predicted molar refractivity (Wildman–Crippen MR) is 64.3 cm³/mol. The molecule has 1 aromatic rings. The van der Waals surface area contributed by atoms with E-state index in [0.717, 1.165) is 31.5 Å². The number of rotatable bonds is 4. The summed E-state index contributed by atoms with van der Waals surface area (Å²) in [5.74, 6) is 1.22. The second kappa shape index (κ2) is 5.14. The van der Waals surface area contributed by atoms with Crippen molar-refractivity contribution in [3.05, 3.63) is 33.9 Å². The molecule has 0 amide bonds. The first-order valence-electron chi connectivity index (χ1n) is 5.72. The molecule has 5 nitrogen and oxygen atoms in total. The normalized spacial score (nSPS) is 19.2. The molecular weight excluding hydrogens is 220 g/mol. The molecule has 1 aromatic carbocycles. The van der Waals surface area contributed by atoms with Crippen LogP contribution in [0.1, 0.15) is 12.0 Å². The van der Waals surface area contributed by atoms with Crippen LogP contribution in [0.4, 0.5) is 5.69 Å². The molecule has 0 saturated carbocycles. The van der Waals surface area contributed by atoms with Gasteiger partial charge in [0, 0.05) is 6.07 Å². The number of methoxy groups -OCH3 is 1. The van der Waals surface area contributed by atoms with Crippen LogP contribution in [0.5, 0.6) is 5.75 Å². The minimum atomic E-state index is -0.399. The number of nitro groups is 1. The second-order valence-electron chi connectivity index (χ2n) is 4.32. The van der Waals surface area contributed by atoms with Crippen molar-refractivity contribution in [3.63, 3.8) is 0 Å². The largest absolute Gasteiger partial charge is 0.496 e. The third-order valence-electron chi connectivity index (χ3n) is 3.15. The van der Waals surface area contributed by atoms with Gasteiger partial charge in [-0.1, -0.05) is 0 Å². The molecular formula is C12H16N2O3. The maximum absolute atomic E-state index is 10.7. The summed E-state index contributed by atoms with van der Waals surface area (Å²) in [6.07, 6.45) is 2.06. The number of nitrogens with one attached hydrogen (secondary N) is 1. The molecule has 1 unspecified atom stereocenters. The molecule has 0 aromatic heterocycles. The summed E-state index contributed by atoms with van der Waals surface area (Å²) in [5.41, 5.74) is 1.13. The third-order valence-corrected chi connectivity index (χ3v) is 3.15. The Morgan fingerprint density at radius 3 is 3.00 bits per heavy atom. The standard InChI is InChI=1S/C12H16N2O3/c1-17-12-7-11(14(15)16)3-2-10(12)6-9-4-5-13-8-9/h2-3,7,9,13H,4-6,8H2,1H3. The summed E-state index contributed by atoms with van der Waals surface area (Å²) in [5, 5.41) is 14.0. The van der Waals surface area contributed by atoms with Crippen LogP contribution in [-0.4, -0.2) is 25.1 Å². The van der Waals surface area contributed by atoms with Gasteiger partial charge in [0.1, 0.15) is 5.75 Å². The molecule has 17 heavy (non-hydrogen) atoms. The van der Waals surface area contributed by atoms with Crippen LogP contribution >= 0.6 is 0 Å². The lowest BCUT2D eigenvalue weighted by atomic mass is 9.98. The molecule has 1 fully saturated rings. The SMILES string of the molecule is COc1cc([N+](=O)[O-])ccc1CC1CCNC1. The van der Waals surface area contributed by atoms with Gasteiger partial charge in [0.2, 0.25) is 0 Å². The van der Waals surface area contributed by atoms with Gasteiger partial charge in [0.15, 0.2) is 0 Å². The third kappa shape index (κ3) is 2.74. The minimum absolute atomic E-state index is 0.0788. The van der Waals surface area contributed by atoms with Crippen molar-refractivity contribution in [1.29, 1.82) is 0 Å². The highest BCUT2D eigenvalue weighted by atomic mass is 16.6. The summed E-state index contributed by atoms with van der Waals surface area (Å²) in [6, 6.07) is 4.84. The van der Waals surface area contributed by atoms with Crippen LogP contribution in [0, 0.1) is 16.0 Å². The molecule has 0 radical (unpaired) electrons. The highest BCUT2D eigenvalue weighted by molar-refractivity contribution is 5.44. The van der Waals surface area contributed by atoms with Crippen molar-refractivity contribution in [1.82, 2.24) is 5.32 Å². The van der Waals surface area contributed by atoms with Crippen LogP contribution in [0.15, 0.2) is 18.2 Å². The Bertz CT molecular complexity index is 414. The Morgan fingerprint density at radius 1 is 1.59 bits per heavy atom. The van der Waals surface area contributed by atoms with Crippen molar-refractivity contribution in [3.8, 4) is 5.75 Å². The van der Waals surface area contributed by atoms with Gasteiger partial charge in [-0.25, -0.2) is 0 Å². The van der Waals surface area contributed by atoms with E-state index in [2.05, 4.69) is 5.32 Å². The first-order chi connectivity index (χ1) is 8.20. The predicted octanol–water partition coefficient (Wildman–Crippen LogP) is 1.76. The Hall–Kier alpha value is -1.62. The number of hydrogen-bond acceptors (Lipinski definition) is 4. The monoisotopic (exact) mass is 236 g/mol. The Balaban J connectivity index is 2.18. The zero-order valence-electron chi connectivity index (χ0n) is 9.81. The highest BCUT2D eigenvalue weighted by Gasteiger charge is 2.18. The second-order valence-corrected chi connectivity index (χ2v) is 4.32. The van der Waals surface area contributed by atoms with Crippen molar-refractivity contribution >= 4 is 5.69 Å². The van der Waals surface area contributed by atoms with Gasteiger partial charge in [-0.15, -0.1) is 0 Å². The molecule has 1 heterocycles. The summed E-state index contributed by atoms with van der Waals surface area (Å²) in [4.78, 5) is 10.3. The van der Waals surface area contributed by atoms with E-state index in [4.69, 9.17) is 4.74 Å². The van der Waals surface area contributed by atoms with Gasteiger partial charge < -0.3 is 10.1 Å². The zero-order valence-corrected chi connectivity index (χ0v) is 9.81. The fourth-order valence-corrected chi connectivity index (χ4v) is 2.22. The number of nitrogens with zero attached hydrogens (tertiary/aromatic N) is 1. The molecule has 1 aliphatic heterocycles. The average molecular weight is 236 g/mol. The summed E-state index contributed by atoms with van der Waals surface area (Å²) < 4.78 is 5.22. The lowest BCUT2D eigenvalue weighted by Crippen LogP contribution is -2.11. The van der Waals surface area contributed by atoms with Crippen molar-refractivity contribution < 1.29 is 9.66 Å². The summed E-state index contributed by atoms with van der Waals surface area (Å²) in [6.45, 7) is 2.07. The smallest absolute Gasteiger partial charge is 0.273 e. The maximum Gasteiger partial charge on any atom is 0.273 e. The lowest BCUT2D eigenvalue weighted by molar-refractivity contribution is -0.384. The van der Waals surface area contributed by atoms with Gasteiger partial charge >= 0.3 is 0 Å². The quantitative estimate of drug-likeness (QED) is 0.639. The highest BCUT2D eigenvalue weighted by Crippen LogP contribution is 2.27. The van der Waals surface area contributed by atoms with E-state index in [1.54, 1.807) is 19.2 Å². The van der Waals surface area contributed by atoms with Gasteiger partial charge in [0.05, 0.1) is 18.1 Å². The molecule has 1 aliphatic rings. The molecule has 0 spiro atoms. The zero-order chi connectivity index (χ0) is 12.3. The number of benzene rings is 1. The van der Waals surface area contributed by atoms with Crippen LogP contribution in [0.2, 0.25) is 0 Å². The van der Waals surface area contributed by atoms with Crippen molar-refractivity contribution in [2.45, 2.75) is 12.8 Å². The number of nitro benzene ring substituents is 1. The van der Waals surface area contributed by atoms with Crippen LogP contribution < -0.4 is 10.1 Å². The molecule has 1 saturated heterocycles. The Morgan fingerprint density at radius 2 is 2.41 bits per heavy atom. The number of non-ortho nitro benzene ring substituents is 1. The molecule has 1 atom stereocenters. The van der Waals surface area contributed by atoms with Crippen LogP contribution in [0.25, 0.3) is 0 Å². The van der Waals surface area contributed by atoms with E-state index in [-0.39, 0.29) is 5.69 Å². The Kier molecular flexibility index (Phi) is 3.58. The Labute approximate surface area is 99.9 Å². The van der Waals surface area contributed by atoms with Crippen LogP contribution in [-0.2, 0) is 6.42 Å². The first kappa shape index (κ1) is 11.9. The van der Waals surface area contributed by atoms with E-state index in [1.807, 2.05) is 0 Å². The van der Waals surface area contributed by atoms with Gasteiger partial charge in [-0.05, 0) is 43.5 Å². The average Bonchev–Trinajstić information content (AvgIpc) is 2.82.